The lowest BCUT2D eigenvalue weighted by atomic mass is 10.1. The molecule has 0 unspecified atom stereocenters. The first-order chi connectivity index (χ1) is 14.9. The van der Waals surface area contributed by atoms with Crippen LogP contribution < -0.4 is 10.1 Å². The number of rotatable bonds is 7. The minimum atomic E-state index is -0.999. The molecule has 0 spiro atoms. The molecule has 2 aromatic carbocycles. The molecular formula is C20H14ClF2N5O3. The Balaban J connectivity index is 1.79. The maximum absolute atomic E-state index is 14.0. The van der Waals surface area contributed by atoms with Crippen LogP contribution in [0.3, 0.4) is 0 Å². The Kier molecular flexibility index (Phi) is 5.63. The number of anilines is 1. The number of carbonyl (C=O) groups is 1. The first kappa shape index (κ1) is 20.5. The standard InChI is InChI=1S/C20H14ClF2N5O3/c21-12-4-2-1-3-11(12)17-16-18(24-8-7-15(29)30)25-20(26-19(16)28-27-17)31-14-6-5-10(22)9-13(14)23/h1-6,9H,7-8H2,(H,29,30)(H2,24,25,26,27,28). The van der Waals surface area contributed by atoms with Crippen LogP contribution in [0.2, 0.25) is 5.02 Å². The van der Waals surface area contributed by atoms with E-state index in [-0.39, 0.29) is 36.2 Å². The van der Waals surface area contributed by atoms with Gasteiger partial charge in [-0.3, -0.25) is 9.89 Å². The lowest BCUT2D eigenvalue weighted by molar-refractivity contribution is -0.136. The van der Waals surface area contributed by atoms with Gasteiger partial charge in [-0.1, -0.05) is 29.8 Å². The second-order valence-electron chi connectivity index (χ2n) is 6.38. The number of aromatic amines is 1. The van der Waals surface area contributed by atoms with Gasteiger partial charge in [0.15, 0.2) is 17.2 Å². The highest BCUT2D eigenvalue weighted by atomic mass is 35.5. The second kappa shape index (κ2) is 8.52. The minimum absolute atomic E-state index is 0.0545. The molecule has 0 saturated carbocycles. The number of carboxylic acid groups (broad SMARTS) is 1. The summed E-state index contributed by atoms with van der Waals surface area (Å²) in [4.78, 5) is 19.3. The SMILES string of the molecule is O=C(O)CCNc1nc(Oc2ccc(F)cc2F)nc2n[nH]c(-c3ccccc3Cl)c12. The monoisotopic (exact) mass is 445 g/mol. The molecule has 2 aromatic heterocycles. The first-order valence-corrected chi connectivity index (χ1v) is 9.40. The van der Waals surface area contributed by atoms with Gasteiger partial charge in [0.2, 0.25) is 0 Å². The summed E-state index contributed by atoms with van der Waals surface area (Å²) >= 11 is 6.30. The normalized spacial score (nSPS) is 10.9. The summed E-state index contributed by atoms with van der Waals surface area (Å²) in [7, 11) is 0. The van der Waals surface area contributed by atoms with E-state index in [1.807, 2.05) is 0 Å². The number of hydrogen-bond acceptors (Lipinski definition) is 6. The Morgan fingerprint density at radius 3 is 2.74 bits per heavy atom. The van der Waals surface area contributed by atoms with E-state index >= 15 is 0 Å². The Bertz CT molecular complexity index is 1280. The largest absolute Gasteiger partial charge is 0.481 e. The minimum Gasteiger partial charge on any atom is -0.481 e. The van der Waals surface area contributed by atoms with Gasteiger partial charge in [-0.05, 0) is 18.2 Å². The third kappa shape index (κ3) is 4.38. The average Bonchev–Trinajstić information content (AvgIpc) is 3.14. The Hall–Kier alpha value is -3.79. The topological polar surface area (TPSA) is 113 Å². The fourth-order valence-corrected chi connectivity index (χ4v) is 3.11. The third-order valence-electron chi connectivity index (χ3n) is 4.26. The summed E-state index contributed by atoms with van der Waals surface area (Å²) in [6.07, 6.45) is -0.173. The van der Waals surface area contributed by atoms with Gasteiger partial charge in [0, 0.05) is 23.2 Å². The van der Waals surface area contributed by atoms with Gasteiger partial charge in [0.05, 0.1) is 17.5 Å². The zero-order valence-electron chi connectivity index (χ0n) is 15.7. The van der Waals surface area contributed by atoms with Gasteiger partial charge in [-0.15, -0.1) is 0 Å². The molecule has 0 saturated heterocycles. The van der Waals surface area contributed by atoms with Crippen LogP contribution >= 0.6 is 11.6 Å². The molecule has 0 aliphatic rings. The smallest absolute Gasteiger partial charge is 0.326 e. The van der Waals surface area contributed by atoms with E-state index in [4.69, 9.17) is 21.4 Å². The second-order valence-corrected chi connectivity index (χ2v) is 6.79. The van der Waals surface area contributed by atoms with Crippen molar-refractivity contribution >= 4 is 34.4 Å². The average molecular weight is 446 g/mol. The van der Waals surface area contributed by atoms with Crippen LogP contribution in [0.1, 0.15) is 6.42 Å². The summed E-state index contributed by atoms with van der Waals surface area (Å²) in [5.74, 6) is -2.75. The Labute approximate surface area is 178 Å². The molecule has 158 valence electrons. The van der Waals surface area contributed by atoms with E-state index in [0.717, 1.165) is 12.1 Å². The van der Waals surface area contributed by atoms with Crippen molar-refractivity contribution in [3.63, 3.8) is 0 Å². The van der Waals surface area contributed by atoms with Crippen LogP contribution in [0.4, 0.5) is 14.6 Å². The van der Waals surface area contributed by atoms with Crippen LogP contribution in [-0.2, 0) is 4.79 Å². The van der Waals surface area contributed by atoms with Crippen molar-refractivity contribution in [1.82, 2.24) is 20.2 Å². The fraction of sp³-hybridized carbons (Fsp3) is 0.100. The van der Waals surface area contributed by atoms with Crippen molar-refractivity contribution in [3.05, 3.63) is 59.1 Å². The molecule has 0 fully saturated rings. The van der Waals surface area contributed by atoms with Gasteiger partial charge in [0.25, 0.3) is 0 Å². The molecular weight excluding hydrogens is 432 g/mol. The number of fused-ring (bicyclic) bond motifs is 1. The van der Waals surface area contributed by atoms with Crippen LogP contribution in [0.25, 0.3) is 22.3 Å². The number of halogens is 3. The number of hydrogen-bond donors (Lipinski definition) is 3. The molecule has 0 atom stereocenters. The van der Waals surface area contributed by atoms with Gasteiger partial charge in [-0.2, -0.15) is 15.1 Å². The number of benzene rings is 2. The number of nitrogens with zero attached hydrogens (tertiary/aromatic N) is 3. The first-order valence-electron chi connectivity index (χ1n) is 9.02. The molecule has 8 nitrogen and oxygen atoms in total. The molecule has 0 amide bonds. The van der Waals surface area contributed by atoms with Crippen LogP contribution in [0.5, 0.6) is 11.8 Å². The van der Waals surface area contributed by atoms with Crippen molar-refractivity contribution < 1.29 is 23.4 Å². The van der Waals surface area contributed by atoms with Gasteiger partial charge < -0.3 is 15.2 Å². The van der Waals surface area contributed by atoms with E-state index < -0.39 is 17.6 Å². The maximum atomic E-state index is 14.0. The zero-order valence-corrected chi connectivity index (χ0v) is 16.5. The molecule has 2 heterocycles. The van der Waals surface area contributed by atoms with E-state index in [9.17, 15) is 13.6 Å². The number of carboxylic acids is 1. The molecule has 0 radical (unpaired) electrons. The maximum Gasteiger partial charge on any atom is 0.326 e. The fourth-order valence-electron chi connectivity index (χ4n) is 2.88. The molecule has 4 aromatic rings. The lowest BCUT2D eigenvalue weighted by Gasteiger charge is -2.10. The van der Waals surface area contributed by atoms with Gasteiger partial charge in [-0.25, -0.2) is 8.78 Å². The summed E-state index contributed by atoms with van der Waals surface area (Å²) in [5.41, 5.74) is 1.33. The van der Waals surface area contributed by atoms with E-state index in [1.54, 1.807) is 24.3 Å². The summed E-state index contributed by atoms with van der Waals surface area (Å²) in [6.45, 7) is 0.0545. The summed E-state index contributed by atoms with van der Waals surface area (Å²) < 4.78 is 32.5. The van der Waals surface area contributed by atoms with E-state index in [1.165, 1.54) is 0 Å². The summed E-state index contributed by atoms with van der Waals surface area (Å²) in [6, 6.07) is 9.60. The number of H-pyrrole nitrogens is 1. The van der Waals surface area contributed by atoms with Crippen molar-refractivity contribution in [2.75, 3.05) is 11.9 Å². The van der Waals surface area contributed by atoms with Crippen LogP contribution in [0, 0.1) is 11.6 Å². The van der Waals surface area contributed by atoms with Crippen molar-refractivity contribution in [2.24, 2.45) is 0 Å². The zero-order chi connectivity index (χ0) is 22.0. The highest BCUT2D eigenvalue weighted by Crippen LogP contribution is 2.35. The Morgan fingerprint density at radius 2 is 2.00 bits per heavy atom. The van der Waals surface area contributed by atoms with Crippen LogP contribution in [-0.4, -0.2) is 37.8 Å². The molecule has 0 aliphatic carbocycles. The highest BCUT2D eigenvalue weighted by molar-refractivity contribution is 6.33. The van der Waals surface area contributed by atoms with Crippen molar-refractivity contribution in [1.29, 1.82) is 0 Å². The lowest BCUT2D eigenvalue weighted by Crippen LogP contribution is -2.10. The van der Waals surface area contributed by atoms with Gasteiger partial charge in [0.1, 0.15) is 11.6 Å². The molecule has 4 rings (SSSR count). The highest BCUT2D eigenvalue weighted by Gasteiger charge is 2.19. The quantitative estimate of drug-likeness (QED) is 0.380. The molecule has 3 N–H and O–H groups in total. The summed E-state index contributed by atoms with van der Waals surface area (Å²) in [5, 5.41) is 19.8. The number of aromatic nitrogens is 4. The van der Waals surface area contributed by atoms with Crippen molar-refractivity contribution in [2.45, 2.75) is 6.42 Å². The third-order valence-corrected chi connectivity index (χ3v) is 4.59. The predicted molar refractivity (Wildman–Crippen MR) is 109 cm³/mol. The molecule has 0 aliphatic heterocycles. The molecule has 31 heavy (non-hydrogen) atoms. The number of aliphatic carboxylic acids is 1. The molecule has 11 heteroatoms. The predicted octanol–water partition coefficient (Wildman–Crippen LogP) is 4.63. The van der Waals surface area contributed by atoms with E-state index in [2.05, 4.69) is 25.5 Å². The Morgan fingerprint density at radius 1 is 1.19 bits per heavy atom. The number of nitrogens with one attached hydrogen (secondary N) is 2. The van der Waals surface area contributed by atoms with Crippen molar-refractivity contribution in [3.8, 4) is 23.0 Å². The van der Waals surface area contributed by atoms with Gasteiger partial charge >= 0.3 is 12.0 Å². The van der Waals surface area contributed by atoms with E-state index in [0.29, 0.717) is 27.7 Å². The number of ether oxygens (including phenoxy) is 1. The molecule has 0 bridgehead atoms. The van der Waals surface area contributed by atoms with Crippen LogP contribution in [0.15, 0.2) is 42.5 Å².